The van der Waals surface area contributed by atoms with E-state index in [1.165, 1.54) is 16.8 Å². The first kappa shape index (κ1) is 24.0. The average molecular weight is 482 g/mol. The predicted octanol–water partition coefficient (Wildman–Crippen LogP) is 4.09. The quantitative estimate of drug-likeness (QED) is 0.527. The number of carbonyl (C=O) groups is 1. The van der Waals surface area contributed by atoms with E-state index in [-0.39, 0.29) is 23.0 Å². The molecule has 0 atom stereocenters. The fourth-order valence-corrected chi connectivity index (χ4v) is 5.88. The van der Waals surface area contributed by atoms with Gasteiger partial charge in [-0.3, -0.25) is 4.79 Å². The number of piperazine rings is 1. The molecular formula is C26H31N3O4S. The van der Waals surface area contributed by atoms with Crippen molar-refractivity contribution in [3.8, 4) is 11.3 Å². The minimum absolute atomic E-state index is 0.0309. The molecule has 2 aromatic carbocycles. The number of sulfone groups is 1. The zero-order valence-corrected chi connectivity index (χ0v) is 21.0. The summed E-state index contributed by atoms with van der Waals surface area (Å²) in [6.07, 6.45) is -0.0309. The SMILES string of the molecule is Cc1cc(-c2ccc(C)c(S(=O)(=O)CCC(=O)N3CCN(c4cccc(C)c4C)CC3)c2)on1. The predicted molar refractivity (Wildman–Crippen MR) is 133 cm³/mol. The van der Waals surface area contributed by atoms with E-state index in [1.807, 2.05) is 13.0 Å². The Morgan fingerprint density at radius 3 is 2.38 bits per heavy atom. The molecule has 180 valence electrons. The van der Waals surface area contributed by atoms with Crippen LogP contribution in [0.5, 0.6) is 0 Å². The molecule has 0 unspecified atom stereocenters. The summed E-state index contributed by atoms with van der Waals surface area (Å²) in [5.74, 6) is 0.179. The van der Waals surface area contributed by atoms with Gasteiger partial charge in [0.1, 0.15) is 0 Å². The summed E-state index contributed by atoms with van der Waals surface area (Å²) >= 11 is 0. The fourth-order valence-electron chi connectivity index (χ4n) is 4.35. The molecule has 2 heterocycles. The van der Waals surface area contributed by atoms with E-state index in [9.17, 15) is 13.2 Å². The van der Waals surface area contributed by atoms with Crippen molar-refractivity contribution in [2.45, 2.75) is 39.0 Å². The van der Waals surface area contributed by atoms with Crippen molar-refractivity contribution in [2.24, 2.45) is 0 Å². The van der Waals surface area contributed by atoms with Gasteiger partial charge in [-0.2, -0.15) is 0 Å². The molecule has 1 amide bonds. The van der Waals surface area contributed by atoms with Crippen LogP contribution >= 0.6 is 0 Å². The molecule has 34 heavy (non-hydrogen) atoms. The second kappa shape index (κ2) is 9.62. The Kier molecular flexibility index (Phi) is 6.79. The van der Waals surface area contributed by atoms with E-state index in [0.29, 0.717) is 30.0 Å². The smallest absolute Gasteiger partial charge is 0.223 e. The summed E-state index contributed by atoms with van der Waals surface area (Å²) in [6.45, 7) is 10.4. The molecule has 3 aromatic rings. The lowest BCUT2D eigenvalue weighted by Crippen LogP contribution is -2.49. The van der Waals surface area contributed by atoms with Crippen LogP contribution in [-0.2, 0) is 14.6 Å². The van der Waals surface area contributed by atoms with Gasteiger partial charge in [-0.25, -0.2) is 8.42 Å². The molecular weight excluding hydrogens is 450 g/mol. The molecule has 0 spiro atoms. The molecule has 1 aliphatic rings. The number of benzene rings is 2. The van der Waals surface area contributed by atoms with Gasteiger partial charge in [0.2, 0.25) is 5.91 Å². The monoisotopic (exact) mass is 481 g/mol. The Hall–Kier alpha value is -3.13. The first-order chi connectivity index (χ1) is 16.2. The number of aryl methyl sites for hydroxylation is 3. The van der Waals surface area contributed by atoms with Crippen LogP contribution in [0, 0.1) is 27.7 Å². The zero-order chi connectivity index (χ0) is 24.5. The highest BCUT2D eigenvalue weighted by Crippen LogP contribution is 2.27. The average Bonchev–Trinajstić information content (AvgIpc) is 3.26. The van der Waals surface area contributed by atoms with E-state index < -0.39 is 9.84 Å². The Morgan fingerprint density at radius 1 is 0.971 bits per heavy atom. The Labute approximate surface area is 201 Å². The standard InChI is InChI=1S/C26H31N3O4S/c1-18-6-5-7-23(21(18)4)28-11-13-29(14-12-28)26(30)10-15-34(31,32)25-17-22(9-8-19(25)2)24-16-20(3)27-33-24/h5-9,16-17H,10-15H2,1-4H3. The van der Waals surface area contributed by atoms with E-state index in [0.717, 1.165) is 18.8 Å². The van der Waals surface area contributed by atoms with Gasteiger partial charge in [0.25, 0.3) is 0 Å². The Morgan fingerprint density at radius 2 is 1.71 bits per heavy atom. The molecule has 0 saturated carbocycles. The van der Waals surface area contributed by atoms with Crippen LogP contribution in [0.15, 0.2) is 51.9 Å². The lowest BCUT2D eigenvalue weighted by molar-refractivity contribution is -0.131. The molecule has 7 nitrogen and oxygen atoms in total. The number of anilines is 1. The number of hydrogen-bond donors (Lipinski definition) is 0. The second-order valence-electron chi connectivity index (χ2n) is 8.97. The van der Waals surface area contributed by atoms with Gasteiger partial charge in [0, 0.05) is 49.9 Å². The zero-order valence-electron chi connectivity index (χ0n) is 20.2. The minimum Gasteiger partial charge on any atom is -0.368 e. The van der Waals surface area contributed by atoms with Gasteiger partial charge in [0.05, 0.1) is 16.3 Å². The van der Waals surface area contributed by atoms with Gasteiger partial charge in [-0.1, -0.05) is 29.4 Å². The summed E-state index contributed by atoms with van der Waals surface area (Å²) in [7, 11) is -3.63. The van der Waals surface area contributed by atoms with Crippen molar-refractivity contribution in [3.63, 3.8) is 0 Å². The van der Waals surface area contributed by atoms with E-state index in [2.05, 4.69) is 42.1 Å². The largest absolute Gasteiger partial charge is 0.368 e. The first-order valence-electron chi connectivity index (χ1n) is 11.5. The number of nitrogens with zero attached hydrogens (tertiary/aromatic N) is 3. The summed E-state index contributed by atoms with van der Waals surface area (Å²) in [4.78, 5) is 17.1. The van der Waals surface area contributed by atoms with Gasteiger partial charge >= 0.3 is 0 Å². The van der Waals surface area contributed by atoms with E-state index in [1.54, 1.807) is 30.0 Å². The number of aromatic nitrogens is 1. The summed E-state index contributed by atoms with van der Waals surface area (Å²) in [5.41, 5.74) is 5.73. The first-order valence-corrected chi connectivity index (χ1v) is 13.2. The molecule has 8 heteroatoms. The highest BCUT2D eigenvalue weighted by Gasteiger charge is 2.25. The summed E-state index contributed by atoms with van der Waals surface area (Å²) < 4.78 is 31.5. The summed E-state index contributed by atoms with van der Waals surface area (Å²) in [5, 5.41) is 3.87. The molecule has 1 aromatic heterocycles. The van der Waals surface area contributed by atoms with Crippen molar-refractivity contribution >= 4 is 21.4 Å². The van der Waals surface area contributed by atoms with Crippen LogP contribution in [0.1, 0.15) is 28.8 Å². The highest BCUT2D eigenvalue weighted by molar-refractivity contribution is 7.91. The van der Waals surface area contributed by atoms with Crippen molar-refractivity contribution in [1.82, 2.24) is 10.1 Å². The summed E-state index contributed by atoms with van der Waals surface area (Å²) in [6, 6.07) is 13.2. The Bertz CT molecular complexity index is 1310. The van der Waals surface area contributed by atoms with Crippen molar-refractivity contribution in [1.29, 1.82) is 0 Å². The van der Waals surface area contributed by atoms with Gasteiger partial charge in [-0.05, 0) is 56.5 Å². The lowest BCUT2D eigenvalue weighted by atomic mass is 10.1. The van der Waals surface area contributed by atoms with Gasteiger partial charge in [0.15, 0.2) is 15.6 Å². The molecule has 0 radical (unpaired) electrons. The molecule has 4 rings (SSSR count). The van der Waals surface area contributed by atoms with Gasteiger partial charge in [-0.15, -0.1) is 0 Å². The molecule has 0 aliphatic carbocycles. The fraction of sp³-hybridized carbons (Fsp3) is 0.385. The van der Waals surface area contributed by atoms with Crippen molar-refractivity contribution in [3.05, 3.63) is 64.8 Å². The third-order valence-electron chi connectivity index (χ3n) is 6.57. The molecule has 0 bridgehead atoms. The van der Waals surface area contributed by atoms with Crippen LogP contribution < -0.4 is 4.90 Å². The van der Waals surface area contributed by atoms with Crippen LogP contribution in [0.25, 0.3) is 11.3 Å². The van der Waals surface area contributed by atoms with Crippen LogP contribution in [0.3, 0.4) is 0 Å². The van der Waals surface area contributed by atoms with Crippen molar-refractivity contribution in [2.75, 3.05) is 36.8 Å². The maximum atomic E-state index is 13.1. The van der Waals surface area contributed by atoms with Gasteiger partial charge < -0.3 is 14.3 Å². The van der Waals surface area contributed by atoms with Crippen molar-refractivity contribution < 1.29 is 17.7 Å². The number of amides is 1. The third kappa shape index (κ3) is 5.01. The topological polar surface area (TPSA) is 83.7 Å². The number of carbonyl (C=O) groups excluding carboxylic acids is 1. The van der Waals surface area contributed by atoms with E-state index >= 15 is 0 Å². The van der Waals surface area contributed by atoms with E-state index in [4.69, 9.17) is 4.52 Å². The maximum Gasteiger partial charge on any atom is 0.223 e. The van der Waals surface area contributed by atoms with Crippen LogP contribution in [0.4, 0.5) is 5.69 Å². The Balaban J connectivity index is 1.39. The molecule has 1 fully saturated rings. The maximum absolute atomic E-state index is 13.1. The number of rotatable bonds is 6. The molecule has 1 aliphatic heterocycles. The highest BCUT2D eigenvalue weighted by atomic mass is 32.2. The minimum atomic E-state index is -3.63. The van der Waals surface area contributed by atoms with Crippen LogP contribution in [-0.4, -0.2) is 56.3 Å². The second-order valence-corrected chi connectivity index (χ2v) is 11.0. The van der Waals surface area contributed by atoms with Crippen LogP contribution in [0.2, 0.25) is 0 Å². The molecule has 1 saturated heterocycles. The lowest BCUT2D eigenvalue weighted by Gasteiger charge is -2.37. The number of hydrogen-bond acceptors (Lipinski definition) is 6. The molecule has 0 N–H and O–H groups in total. The third-order valence-corrected chi connectivity index (χ3v) is 8.42. The normalized spacial score (nSPS) is 14.5.